The Balaban J connectivity index is 1.74. The fraction of sp³-hybridized carbons (Fsp3) is 0.167. The van der Waals surface area contributed by atoms with Crippen molar-refractivity contribution in [3.8, 4) is 0 Å². The van der Waals surface area contributed by atoms with Gasteiger partial charge < -0.3 is 5.32 Å². The van der Waals surface area contributed by atoms with E-state index >= 15 is 0 Å². The van der Waals surface area contributed by atoms with E-state index in [1.165, 1.54) is 5.56 Å². The van der Waals surface area contributed by atoms with Crippen LogP contribution in [0.5, 0.6) is 0 Å². The third-order valence-corrected chi connectivity index (χ3v) is 6.28. The lowest BCUT2D eigenvalue weighted by Gasteiger charge is -2.14. The maximum absolute atomic E-state index is 13.0. The number of nitrogens with one attached hydrogen (secondary N) is 2. The molecule has 0 aliphatic rings. The van der Waals surface area contributed by atoms with Gasteiger partial charge in [-0.15, -0.1) is 0 Å². The van der Waals surface area contributed by atoms with Gasteiger partial charge in [-0.05, 0) is 60.4 Å². The lowest BCUT2D eigenvalue weighted by molar-refractivity contribution is 0.601. The number of aromatic nitrogens is 2. The van der Waals surface area contributed by atoms with Gasteiger partial charge in [0.2, 0.25) is 0 Å². The van der Waals surface area contributed by atoms with Gasteiger partial charge in [0.15, 0.2) is 11.6 Å². The zero-order valence-corrected chi connectivity index (χ0v) is 18.4. The van der Waals surface area contributed by atoms with Crippen LogP contribution in [0.15, 0.2) is 77.7 Å². The number of benzene rings is 3. The van der Waals surface area contributed by atoms with Crippen LogP contribution in [0.3, 0.4) is 0 Å². The monoisotopic (exact) mass is 432 g/mol. The normalized spacial score (nSPS) is 11.6. The van der Waals surface area contributed by atoms with Crippen molar-refractivity contribution in [3.05, 3.63) is 83.9 Å². The lowest BCUT2D eigenvalue weighted by atomic mass is 10.0. The Morgan fingerprint density at radius 1 is 0.806 bits per heavy atom. The van der Waals surface area contributed by atoms with Crippen LogP contribution in [0, 0.1) is 6.92 Å². The first kappa shape index (κ1) is 20.8. The molecule has 0 saturated heterocycles. The largest absolute Gasteiger partial charge is 0.337 e. The molecule has 7 heteroatoms. The van der Waals surface area contributed by atoms with E-state index in [0.29, 0.717) is 22.8 Å². The highest BCUT2D eigenvalue weighted by atomic mass is 32.2. The molecule has 0 saturated carbocycles. The van der Waals surface area contributed by atoms with Gasteiger partial charge in [-0.1, -0.05) is 50.2 Å². The number of hydrogen-bond acceptors (Lipinski definition) is 5. The van der Waals surface area contributed by atoms with E-state index in [4.69, 9.17) is 0 Å². The van der Waals surface area contributed by atoms with Crippen molar-refractivity contribution < 1.29 is 8.42 Å². The van der Waals surface area contributed by atoms with Gasteiger partial charge in [0.05, 0.1) is 15.9 Å². The predicted octanol–water partition coefficient (Wildman–Crippen LogP) is 5.61. The van der Waals surface area contributed by atoms with Gasteiger partial charge in [-0.3, -0.25) is 4.72 Å². The maximum atomic E-state index is 13.0. The Kier molecular flexibility index (Phi) is 5.61. The van der Waals surface area contributed by atoms with Gasteiger partial charge in [0, 0.05) is 5.69 Å². The first-order valence-electron chi connectivity index (χ1n) is 10.0. The minimum absolute atomic E-state index is 0.146. The molecule has 0 unspecified atom stereocenters. The third kappa shape index (κ3) is 4.67. The summed E-state index contributed by atoms with van der Waals surface area (Å²) in [5.74, 6) is 0.909. The van der Waals surface area contributed by atoms with Crippen LogP contribution in [0.25, 0.3) is 11.0 Å². The van der Waals surface area contributed by atoms with Crippen LogP contribution in [0.4, 0.5) is 17.3 Å². The number of anilines is 3. The number of sulfonamides is 1. The fourth-order valence-electron chi connectivity index (χ4n) is 3.22. The zero-order chi connectivity index (χ0) is 22.0. The third-order valence-electron chi connectivity index (χ3n) is 4.94. The molecule has 4 aromatic rings. The molecule has 158 valence electrons. The van der Waals surface area contributed by atoms with E-state index in [1.807, 2.05) is 55.5 Å². The predicted molar refractivity (Wildman–Crippen MR) is 125 cm³/mol. The Hall–Kier alpha value is -3.45. The summed E-state index contributed by atoms with van der Waals surface area (Å²) in [5, 5.41) is 3.22. The number of rotatable bonds is 6. The first-order chi connectivity index (χ1) is 14.8. The highest BCUT2D eigenvalue weighted by Crippen LogP contribution is 2.28. The summed E-state index contributed by atoms with van der Waals surface area (Å²) in [6.45, 7) is 6.12. The summed E-state index contributed by atoms with van der Waals surface area (Å²) >= 11 is 0. The van der Waals surface area contributed by atoms with E-state index < -0.39 is 10.0 Å². The SMILES string of the molecule is Cc1cccc(S(=O)(=O)Nc2nc3ccccc3nc2Nc2ccc(C(C)C)cc2)c1. The molecule has 3 aromatic carbocycles. The average Bonchev–Trinajstić information content (AvgIpc) is 2.74. The number of hydrogen-bond donors (Lipinski definition) is 2. The fourth-order valence-corrected chi connectivity index (χ4v) is 4.33. The second-order valence-electron chi connectivity index (χ2n) is 7.73. The molecule has 1 aromatic heterocycles. The smallest absolute Gasteiger partial charge is 0.263 e. The summed E-state index contributed by atoms with van der Waals surface area (Å²) in [7, 11) is -3.83. The molecule has 0 radical (unpaired) electrons. The van der Waals surface area contributed by atoms with Gasteiger partial charge in [0.25, 0.3) is 10.0 Å². The van der Waals surface area contributed by atoms with Crippen molar-refractivity contribution in [2.24, 2.45) is 0 Å². The molecule has 0 fully saturated rings. The van der Waals surface area contributed by atoms with Crippen LogP contribution in [0.1, 0.15) is 30.9 Å². The van der Waals surface area contributed by atoms with Crippen molar-refractivity contribution in [3.63, 3.8) is 0 Å². The molecule has 2 N–H and O–H groups in total. The van der Waals surface area contributed by atoms with E-state index in [9.17, 15) is 8.42 Å². The minimum atomic E-state index is -3.83. The highest BCUT2D eigenvalue weighted by Gasteiger charge is 2.19. The average molecular weight is 433 g/mol. The van der Waals surface area contributed by atoms with Gasteiger partial charge in [-0.2, -0.15) is 0 Å². The molecule has 0 aliphatic heterocycles. The number of para-hydroxylation sites is 2. The zero-order valence-electron chi connectivity index (χ0n) is 17.6. The van der Waals surface area contributed by atoms with Crippen molar-refractivity contribution in [1.29, 1.82) is 0 Å². The van der Waals surface area contributed by atoms with Crippen molar-refractivity contribution in [1.82, 2.24) is 9.97 Å². The van der Waals surface area contributed by atoms with Crippen LogP contribution < -0.4 is 10.0 Å². The standard InChI is InChI=1S/C24H24N4O2S/c1-16(2)18-11-13-19(14-12-18)25-23-24(27-22-10-5-4-9-21(22)26-23)28-31(29,30)20-8-6-7-17(3)15-20/h4-16H,1-3H3,(H,25,26)(H,27,28). The second kappa shape index (κ2) is 8.35. The number of nitrogens with zero attached hydrogens (tertiary/aromatic N) is 2. The summed E-state index contributed by atoms with van der Waals surface area (Å²) < 4.78 is 28.6. The molecule has 0 aliphatic carbocycles. The van der Waals surface area contributed by atoms with Crippen molar-refractivity contribution in [2.45, 2.75) is 31.6 Å². The molecule has 4 rings (SSSR count). The Labute approximate surface area is 182 Å². The molecule has 31 heavy (non-hydrogen) atoms. The quantitative estimate of drug-likeness (QED) is 0.414. The Morgan fingerprint density at radius 3 is 2.06 bits per heavy atom. The molecule has 6 nitrogen and oxygen atoms in total. The Morgan fingerprint density at radius 2 is 1.45 bits per heavy atom. The topological polar surface area (TPSA) is 84.0 Å². The molecule has 0 bridgehead atoms. The van der Waals surface area contributed by atoms with Gasteiger partial charge in [-0.25, -0.2) is 18.4 Å². The van der Waals surface area contributed by atoms with Gasteiger partial charge >= 0.3 is 0 Å². The number of aryl methyl sites for hydroxylation is 1. The summed E-state index contributed by atoms with van der Waals surface area (Å²) in [6, 6.07) is 22.1. The molecule has 1 heterocycles. The Bertz CT molecular complexity index is 1330. The van der Waals surface area contributed by atoms with Gasteiger partial charge in [0.1, 0.15) is 0 Å². The van der Waals surface area contributed by atoms with E-state index in [2.05, 4.69) is 33.9 Å². The molecule has 0 atom stereocenters. The number of fused-ring (bicyclic) bond motifs is 1. The second-order valence-corrected chi connectivity index (χ2v) is 9.42. The molecule has 0 amide bonds. The summed E-state index contributed by atoms with van der Waals surface area (Å²) in [4.78, 5) is 9.33. The van der Waals surface area contributed by atoms with Crippen LogP contribution in [-0.2, 0) is 10.0 Å². The minimum Gasteiger partial charge on any atom is -0.337 e. The lowest BCUT2D eigenvalue weighted by Crippen LogP contribution is -2.16. The van der Waals surface area contributed by atoms with Crippen LogP contribution in [-0.4, -0.2) is 18.4 Å². The first-order valence-corrected chi connectivity index (χ1v) is 11.5. The van der Waals surface area contributed by atoms with Crippen LogP contribution >= 0.6 is 0 Å². The molecular formula is C24H24N4O2S. The van der Waals surface area contributed by atoms with E-state index in [1.54, 1.807) is 24.3 Å². The molecular weight excluding hydrogens is 408 g/mol. The van der Waals surface area contributed by atoms with Crippen LogP contribution in [0.2, 0.25) is 0 Å². The maximum Gasteiger partial charge on any atom is 0.263 e. The van der Waals surface area contributed by atoms with E-state index in [-0.39, 0.29) is 10.7 Å². The van der Waals surface area contributed by atoms with Crippen molar-refractivity contribution in [2.75, 3.05) is 10.0 Å². The summed E-state index contributed by atoms with van der Waals surface area (Å²) in [5.41, 5.74) is 4.14. The van der Waals surface area contributed by atoms with Crippen molar-refractivity contribution >= 4 is 38.4 Å². The molecule has 0 spiro atoms. The summed E-state index contributed by atoms with van der Waals surface area (Å²) in [6.07, 6.45) is 0. The highest BCUT2D eigenvalue weighted by molar-refractivity contribution is 7.92. The van der Waals surface area contributed by atoms with E-state index in [0.717, 1.165) is 11.3 Å².